The standard InChI is InChI=1S/C17H19NO/c1-12-6-3-4-8-14(12)17(2,19)15-10-9-13-7-5-11-18-16(13)15/h3-8,11,15,19H,9-10H2,1-2H3. The van der Waals surface area contributed by atoms with Gasteiger partial charge >= 0.3 is 0 Å². The summed E-state index contributed by atoms with van der Waals surface area (Å²) < 4.78 is 0. The number of hydrogen-bond acceptors (Lipinski definition) is 2. The third-order valence-electron chi connectivity index (χ3n) is 4.33. The van der Waals surface area contributed by atoms with Gasteiger partial charge in [0.15, 0.2) is 0 Å². The number of fused-ring (bicyclic) bond motifs is 1. The van der Waals surface area contributed by atoms with E-state index < -0.39 is 5.60 Å². The Morgan fingerprint density at radius 3 is 2.79 bits per heavy atom. The first kappa shape index (κ1) is 12.4. The summed E-state index contributed by atoms with van der Waals surface area (Å²) >= 11 is 0. The van der Waals surface area contributed by atoms with Gasteiger partial charge in [-0.15, -0.1) is 0 Å². The van der Waals surface area contributed by atoms with Crippen LogP contribution in [0.4, 0.5) is 0 Å². The predicted molar refractivity (Wildman–Crippen MR) is 76.0 cm³/mol. The van der Waals surface area contributed by atoms with Gasteiger partial charge in [0.2, 0.25) is 0 Å². The van der Waals surface area contributed by atoms with Crippen molar-refractivity contribution in [3.8, 4) is 0 Å². The van der Waals surface area contributed by atoms with Gasteiger partial charge in [0.25, 0.3) is 0 Å². The van der Waals surface area contributed by atoms with E-state index in [-0.39, 0.29) is 5.92 Å². The molecule has 2 unspecified atom stereocenters. The van der Waals surface area contributed by atoms with Crippen LogP contribution in [-0.2, 0) is 12.0 Å². The van der Waals surface area contributed by atoms with Crippen molar-refractivity contribution in [3.63, 3.8) is 0 Å². The highest BCUT2D eigenvalue weighted by molar-refractivity contribution is 5.38. The molecular weight excluding hydrogens is 234 g/mol. The fourth-order valence-corrected chi connectivity index (χ4v) is 3.29. The first-order valence-corrected chi connectivity index (χ1v) is 6.83. The van der Waals surface area contributed by atoms with Gasteiger partial charge in [-0.1, -0.05) is 30.3 Å². The lowest BCUT2D eigenvalue weighted by Crippen LogP contribution is -2.30. The molecule has 2 heteroatoms. The monoisotopic (exact) mass is 253 g/mol. The van der Waals surface area contributed by atoms with Crippen LogP contribution in [0.3, 0.4) is 0 Å². The fourth-order valence-electron chi connectivity index (χ4n) is 3.29. The van der Waals surface area contributed by atoms with Gasteiger partial charge in [-0.2, -0.15) is 0 Å². The minimum atomic E-state index is -0.856. The van der Waals surface area contributed by atoms with Gasteiger partial charge in [-0.05, 0) is 49.4 Å². The van der Waals surface area contributed by atoms with Gasteiger partial charge in [0.1, 0.15) is 0 Å². The van der Waals surface area contributed by atoms with E-state index in [1.54, 1.807) is 0 Å². The maximum Gasteiger partial charge on any atom is 0.0954 e. The zero-order valence-corrected chi connectivity index (χ0v) is 11.4. The molecule has 19 heavy (non-hydrogen) atoms. The second-order valence-electron chi connectivity index (χ2n) is 5.60. The number of aromatic nitrogens is 1. The third-order valence-corrected chi connectivity index (χ3v) is 4.33. The van der Waals surface area contributed by atoms with Gasteiger partial charge in [-0.25, -0.2) is 0 Å². The Morgan fingerprint density at radius 2 is 2.00 bits per heavy atom. The van der Waals surface area contributed by atoms with E-state index in [1.807, 2.05) is 37.4 Å². The van der Waals surface area contributed by atoms with E-state index in [0.717, 1.165) is 29.7 Å². The Morgan fingerprint density at radius 1 is 1.21 bits per heavy atom. The Hall–Kier alpha value is -1.67. The van der Waals surface area contributed by atoms with E-state index in [4.69, 9.17) is 0 Å². The number of benzene rings is 1. The molecule has 0 radical (unpaired) electrons. The Bertz CT molecular complexity index is 604. The van der Waals surface area contributed by atoms with E-state index in [2.05, 4.69) is 24.0 Å². The second kappa shape index (κ2) is 4.46. The van der Waals surface area contributed by atoms with E-state index in [9.17, 15) is 5.11 Å². The van der Waals surface area contributed by atoms with Crippen molar-refractivity contribution in [1.82, 2.24) is 4.98 Å². The van der Waals surface area contributed by atoms with Crippen LogP contribution in [0.15, 0.2) is 42.6 Å². The van der Waals surface area contributed by atoms with E-state index >= 15 is 0 Å². The highest BCUT2D eigenvalue weighted by atomic mass is 16.3. The molecule has 1 aliphatic carbocycles. The molecular formula is C17H19NO. The molecule has 1 aromatic carbocycles. The predicted octanol–water partition coefficient (Wildman–Crippen LogP) is 3.33. The minimum Gasteiger partial charge on any atom is -0.385 e. The van der Waals surface area contributed by atoms with E-state index in [1.165, 1.54) is 5.56 Å². The molecule has 0 spiro atoms. The van der Waals surface area contributed by atoms with Crippen LogP contribution >= 0.6 is 0 Å². The molecule has 0 fully saturated rings. The van der Waals surface area contributed by atoms with Gasteiger partial charge in [0.05, 0.1) is 5.60 Å². The first-order chi connectivity index (χ1) is 9.10. The van der Waals surface area contributed by atoms with Crippen LogP contribution in [0.5, 0.6) is 0 Å². The van der Waals surface area contributed by atoms with Crippen molar-refractivity contribution in [2.75, 3.05) is 0 Å². The molecule has 2 atom stereocenters. The van der Waals surface area contributed by atoms with Gasteiger partial charge in [-0.3, -0.25) is 4.98 Å². The zero-order valence-electron chi connectivity index (χ0n) is 11.4. The van der Waals surface area contributed by atoms with Crippen molar-refractivity contribution in [2.45, 2.75) is 38.2 Å². The van der Waals surface area contributed by atoms with Crippen LogP contribution in [0, 0.1) is 6.92 Å². The highest BCUT2D eigenvalue weighted by Gasteiger charge is 2.40. The number of aryl methyl sites for hydroxylation is 2. The molecule has 2 nitrogen and oxygen atoms in total. The van der Waals surface area contributed by atoms with Crippen LogP contribution in [0.1, 0.15) is 41.6 Å². The SMILES string of the molecule is Cc1ccccc1C(C)(O)C1CCc2cccnc21. The molecule has 0 saturated carbocycles. The second-order valence-corrected chi connectivity index (χ2v) is 5.60. The summed E-state index contributed by atoms with van der Waals surface area (Å²) in [5, 5.41) is 11.1. The van der Waals surface area contributed by atoms with Crippen molar-refractivity contribution in [2.24, 2.45) is 0 Å². The topological polar surface area (TPSA) is 33.1 Å². The summed E-state index contributed by atoms with van der Waals surface area (Å²) in [7, 11) is 0. The molecule has 1 aliphatic rings. The summed E-state index contributed by atoms with van der Waals surface area (Å²) in [5.41, 5.74) is 3.64. The number of pyridine rings is 1. The zero-order chi connectivity index (χ0) is 13.5. The van der Waals surface area contributed by atoms with Crippen LogP contribution in [0.2, 0.25) is 0 Å². The first-order valence-electron chi connectivity index (χ1n) is 6.83. The molecule has 3 rings (SSSR count). The van der Waals surface area contributed by atoms with Gasteiger partial charge in [0, 0.05) is 17.8 Å². The lowest BCUT2D eigenvalue weighted by molar-refractivity contribution is 0.0250. The van der Waals surface area contributed by atoms with Gasteiger partial charge < -0.3 is 5.11 Å². The summed E-state index contributed by atoms with van der Waals surface area (Å²) in [6.07, 6.45) is 3.80. The van der Waals surface area contributed by atoms with Crippen LogP contribution in [-0.4, -0.2) is 10.1 Å². The average Bonchev–Trinajstić information content (AvgIpc) is 2.83. The summed E-state index contributed by atoms with van der Waals surface area (Å²) in [4.78, 5) is 4.50. The molecule has 1 aromatic heterocycles. The molecule has 0 amide bonds. The molecule has 0 saturated heterocycles. The molecule has 0 aliphatic heterocycles. The molecule has 0 bridgehead atoms. The quantitative estimate of drug-likeness (QED) is 0.890. The van der Waals surface area contributed by atoms with Crippen molar-refractivity contribution in [3.05, 3.63) is 65.0 Å². The van der Waals surface area contributed by atoms with E-state index in [0.29, 0.717) is 0 Å². The molecule has 1 heterocycles. The molecule has 2 aromatic rings. The Balaban J connectivity index is 2.05. The Kier molecular flexibility index (Phi) is 2.90. The normalized spacial score (nSPS) is 20.9. The third kappa shape index (κ3) is 1.96. The van der Waals surface area contributed by atoms with Crippen LogP contribution in [0.25, 0.3) is 0 Å². The maximum atomic E-state index is 11.1. The number of nitrogens with zero attached hydrogens (tertiary/aromatic N) is 1. The molecule has 98 valence electrons. The summed E-state index contributed by atoms with van der Waals surface area (Å²) in [6.45, 7) is 3.97. The number of aliphatic hydroxyl groups is 1. The van der Waals surface area contributed by atoms with Crippen LogP contribution < -0.4 is 0 Å². The Labute approximate surface area is 114 Å². The largest absolute Gasteiger partial charge is 0.385 e. The van der Waals surface area contributed by atoms with Crippen molar-refractivity contribution >= 4 is 0 Å². The smallest absolute Gasteiger partial charge is 0.0954 e. The number of rotatable bonds is 2. The fraction of sp³-hybridized carbons (Fsp3) is 0.353. The summed E-state index contributed by atoms with van der Waals surface area (Å²) in [5.74, 6) is 0.0878. The number of hydrogen-bond donors (Lipinski definition) is 1. The highest BCUT2D eigenvalue weighted by Crippen LogP contribution is 2.44. The molecule has 1 N–H and O–H groups in total. The summed E-state index contributed by atoms with van der Waals surface area (Å²) in [6, 6.07) is 12.2. The van der Waals surface area contributed by atoms with Crippen molar-refractivity contribution < 1.29 is 5.11 Å². The minimum absolute atomic E-state index is 0.0878. The van der Waals surface area contributed by atoms with Crippen molar-refractivity contribution in [1.29, 1.82) is 0 Å². The lowest BCUT2D eigenvalue weighted by atomic mass is 9.79. The maximum absolute atomic E-state index is 11.1. The lowest BCUT2D eigenvalue weighted by Gasteiger charge is -2.32. The average molecular weight is 253 g/mol.